The Bertz CT molecular complexity index is 748. The first kappa shape index (κ1) is 12.3. The standard InChI is InChI=1S/C14H11N5OS/c20-13-12(17-14-18(13)5-6-21-14)7-10-1-3-11(4-2-10)19-9-15-8-16-19/h1-4,7-9H,5-6H2. The molecule has 4 rings (SSSR count). The summed E-state index contributed by atoms with van der Waals surface area (Å²) in [4.78, 5) is 22.2. The van der Waals surface area contributed by atoms with Crippen molar-refractivity contribution in [2.45, 2.75) is 0 Å². The molecule has 2 aliphatic heterocycles. The molecule has 104 valence electrons. The summed E-state index contributed by atoms with van der Waals surface area (Å²) in [5, 5.41) is 4.90. The van der Waals surface area contributed by atoms with Gasteiger partial charge in [0.05, 0.1) is 5.69 Å². The maximum Gasteiger partial charge on any atom is 0.278 e. The Morgan fingerprint density at radius 2 is 2.10 bits per heavy atom. The number of aliphatic imine (C=N–C) groups is 1. The predicted octanol–water partition coefficient (Wildman–Crippen LogP) is 1.55. The molecule has 0 radical (unpaired) electrons. The molecule has 1 amide bonds. The van der Waals surface area contributed by atoms with E-state index in [0.717, 1.165) is 28.7 Å². The first-order valence-electron chi connectivity index (χ1n) is 6.51. The number of fused-ring (bicyclic) bond motifs is 1. The second-order valence-corrected chi connectivity index (χ2v) is 5.72. The summed E-state index contributed by atoms with van der Waals surface area (Å²) in [6.07, 6.45) is 4.96. The molecule has 2 aromatic rings. The van der Waals surface area contributed by atoms with E-state index in [2.05, 4.69) is 15.1 Å². The summed E-state index contributed by atoms with van der Waals surface area (Å²) in [7, 11) is 0. The van der Waals surface area contributed by atoms with Crippen molar-refractivity contribution in [1.82, 2.24) is 19.7 Å². The number of carbonyl (C=O) groups is 1. The fraction of sp³-hybridized carbons (Fsp3) is 0.143. The van der Waals surface area contributed by atoms with E-state index in [0.29, 0.717) is 5.70 Å². The number of benzene rings is 1. The van der Waals surface area contributed by atoms with Gasteiger partial charge in [0.2, 0.25) is 0 Å². The van der Waals surface area contributed by atoms with Crippen LogP contribution in [0.3, 0.4) is 0 Å². The van der Waals surface area contributed by atoms with E-state index in [4.69, 9.17) is 0 Å². The Morgan fingerprint density at radius 3 is 2.81 bits per heavy atom. The topological polar surface area (TPSA) is 63.4 Å². The molecule has 6 nitrogen and oxygen atoms in total. The maximum atomic E-state index is 12.2. The molecule has 0 atom stereocenters. The van der Waals surface area contributed by atoms with Crippen molar-refractivity contribution in [3.63, 3.8) is 0 Å². The smallest absolute Gasteiger partial charge is 0.278 e. The lowest BCUT2D eigenvalue weighted by atomic mass is 10.1. The highest BCUT2D eigenvalue weighted by molar-refractivity contribution is 8.14. The summed E-state index contributed by atoms with van der Waals surface area (Å²) in [6.45, 7) is 0.755. The maximum absolute atomic E-state index is 12.2. The van der Waals surface area contributed by atoms with Gasteiger partial charge >= 0.3 is 0 Å². The van der Waals surface area contributed by atoms with Crippen LogP contribution in [0.25, 0.3) is 11.8 Å². The molecule has 0 saturated carbocycles. The van der Waals surface area contributed by atoms with Crippen LogP contribution in [0, 0.1) is 0 Å². The minimum absolute atomic E-state index is 0.00430. The number of amides is 1. The number of hydrogen-bond acceptors (Lipinski definition) is 5. The number of rotatable bonds is 2. The first-order chi connectivity index (χ1) is 10.3. The van der Waals surface area contributed by atoms with Crippen LogP contribution >= 0.6 is 11.8 Å². The summed E-state index contributed by atoms with van der Waals surface area (Å²) < 4.78 is 1.69. The molecule has 1 aromatic carbocycles. The van der Waals surface area contributed by atoms with E-state index < -0.39 is 0 Å². The van der Waals surface area contributed by atoms with E-state index in [1.54, 1.807) is 27.7 Å². The van der Waals surface area contributed by atoms with Crippen molar-refractivity contribution < 1.29 is 4.79 Å². The number of thioether (sulfide) groups is 1. The molecular formula is C14H11N5OS. The average molecular weight is 297 g/mol. The Kier molecular flexibility index (Phi) is 2.85. The molecule has 2 aliphatic rings. The van der Waals surface area contributed by atoms with Crippen molar-refractivity contribution in [1.29, 1.82) is 0 Å². The third-order valence-corrected chi connectivity index (χ3v) is 4.29. The van der Waals surface area contributed by atoms with Gasteiger partial charge < -0.3 is 0 Å². The van der Waals surface area contributed by atoms with Crippen LogP contribution in [0.15, 0.2) is 47.6 Å². The summed E-state index contributed by atoms with van der Waals surface area (Å²) in [5.41, 5.74) is 2.37. The number of nitrogens with zero attached hydrogens (tertiary/aromatic N) is 5. The molecule has 21 heavy (non-hydrogen) atoms. The largest absolute Gasteiger partial charge is 0.285 e. The van der Waals surface area contributed by atoms with Crippen LogP contribution < -0.4 is 0 Å². The van der Waals surface area contributed by atoms with Crippen LogP contribution in [0.5, 0.6) is 0 Å². The van der Waals surface area contributed by atoms with Gasteiger partial charge in [-0.25, -0.2) is 14.7 Å². The van der Waals surface area contributed by atoms with Gasteiger partial charge in [0.15, 0.2) is 5.17 Å². The van der Waals surface area contributed by atoms with Crippen LogP contribution in [-0.2, 0) is 4.79 Å². The third kappa shape index (κ3) is 2.15. The summed E-state index contributed by atoms with van der Waals surface area (Å²) >= 11 is 1.63. The van der Waals surface area contributed by atoms with Gasteiger partial charge in [0.25, 0.3) is 5.91 Å². The molecule has 1 fully saturated rings. The second kappa shape index (κ2) is 4.85. The molecule has 7 heteroatoms. The SMILES string of the molecule is O=C1C(=Cc2ccc(-n3cncn3)cc2)N=C2SCCN12. The molecule has 0 N–H and O–H groups in total. The molecule has 1 saturated heterocycles. The van der Waals surface area contributed by atoms with Crippen molar-refractivity contribution in [2.75, 3.05) is 12.3 Å². The zero-order valence-electron chi connectivity index (χ0n) is 11.0. The highest BCUT2D eigenvalue weighted by Crippen LogP contribution is 2.28. The summed E-state index contributed by atoms with van der Waals surface area (Å²) in [5.74, 6) is 0.931. The highest BCUT2D eigenvalue weighted by Gasteiger charge is 2.33. The zero-order chi connectivity index (χ0) is 14.2. The van der Waals surface area contributed by atoms with Gasteiger partial charge in [0, 0.05) is 12.3 Å². The Hall–Kier alpha value is -2.41. The molecular weight excluding hydrogens is 286 g/mol. The Labute approximate surface area is 125 Å². The minimum atomic E-state index is -0.00430. The van der Waals surface area contributed by atoms with E-state index in [9.17, 15) is 4.79 Å². The average Bonchev–Trinajstić information content (AvgIpc) is 3.21. The molecule has 0 bridgehead atoms. The van der Waals surface area contributed by atoms with Gasteiger partial charge in [-0.2, -0.15) is 5.10 Å². The van der Waals surface area contributed by atoms with Crippen molar-refractivity contribution in [3.05, 3.63) is 48.2 Å². The lowest BCUT2D eigenvalue weighted by Gasteiger charge is -2.06. The van der Waals surface area contributed by atoms with E-state index >= 15 is 0 Å². The lowest BCUT2D eigenvalue weighted by molar-refractivity contribution is -0.122. The fourth-order valence-electron chi connectivity index (χ4n) is 2.29. The molecule has 0 aliphatic carbocycles. The van der Waals surface area contributed by atoms with Crippen LogP contribution in [0.1, 0.15) is 5.56 Å². The van der Waals surface area contributed by atoms with Crippen LogP contribution in [0.4, 0.5) is 0 Å². The molecule has 1 aromatic heterocycles. The number of amidine groups is 1. The minimum Gasteiger partial charge on any atom is -0.285 e. The van der Waals surface area contributed by atoms with Crippen LogP contribution in [-0.4, -0.2) is 43.0 Å². The van der Waals surface area contributed by atoms with E-state index in [1.807, 2.05) is 30.3 Å². The van der Waals surface area contributed by atoms with Gasteiger partial charge in [-0.1, -0.05) is 23.9 Å². The van der Waals surface area contributed by atoms with E-state index in [-0.39, 0.29) is 5.91 Å². The predicted molar refractivity (Wildman–Crippen MR) is 80.9 cm³/mol. The quantitative estimate of drug-likeness (QED) is 0.789. The Balaban J connectivity index is 1.62. The second-order valence-electron chi connectivity index (χ2n) is 4.66. The fourth-order valence-corrected chi connectivity index (χ4v) is 3.24. The molecule has 0 unspecified atom stereocenters. The van der Waals surface area contributed by atoms with Gasteiger partial charge in [-0.15, -0.1) is 0 Å². The van der Waals surface area contributed by atoms with Crippen LogP contribution in [0.2, 0.25) is 0 Å². The van der Waals surface area contributed by atoms with Gasteiger partial charge in [-0.3, -0.25) is 9.69 Å². The highest BCUT2D eigenvalue weighted by atomic mass is 32.2. The molecule has 3 heterocycles. The zero-order valence-corrected chi connectivity index (χ0v) is 11.8. The molecule has 0 spiro atoms. The van der Waals surface area contributed by atoms with E-state index in [1.165, 1.54) is 6.33 Å². The monoisotopic (exact) mass is 297 g/mol. The summed E-state index contributed by atoms with van der Waals surface area (Å²) in [6, 6.07) is 7.75. The number of aromatic nitrogens is 3. The van der Waals surface area contributed by atoms with Crippen molar-refractivity contribution in [3.8, 4) is 5.69 Å². The van der Waals surface area contributed by atoms with Crippen molar-refractivity contribution in [2.24, 2.45) is 4.99 Å². The normalized spacial score (nSPS) is 19.2. The Morgan fingerprint density at radius 1 is 1.24 bits per heavy atom. The third-order valence-electron chi connectivity index (χ3n) is 3.34. The van der Waals surface area contributed by atoms with Crippen molar-refractivity contribution >= 4 is 28.9 Å². The van der Waals surface area contributed by atoms with Gasteiger partial charge in [-0.05, 0) is 23.8 Å². The lowest BCUT2D eigenvalue weighted by Crippen LogP contribution is -2.26. The first-order valence-corrected chi connectivity index (χ1v) is 7.50. The number of hydrogen-bond donors (Lipinski definition) is 0. The number of carbonyl (C=O) groups excluding carboxylic acids is 1. The van der Waals surface area contributed by atoms with Gasteiger partial charge in [0.1, 0.15) is 18.4 Å².